The highest BCUT2D eigenvalue weighted by atomic mass is 79.9. The number of halogens is 1. The fourth-order valence-electron chi connectivity index (χ4n) is 1.11. The zero-order chi connectivity index (χ0) is 10.2. The Labute approximate surface area is 95.7 Å². The van der Waals surface area contributed by atoms with Gasteiger partial charge >= 0.3 is 0 Å². The SMILES string of the molecule is O=S(=O)(NCc1ccc(Br)s1)C1CC1. The molecule has 0 spiro atoms. The Kier molecular flexibility index (Phi) is 2.97. The smallest absolute Gasteiger partial charge is 0.212 e. The molecule has 0 amide bonds. The first-order valence-corrected chi connectivity index (χ1v) is 7.46. The van der Waals surface area contributed by atoms with Crippen molar-refractivity contribution in [2.24, 2.45) is 0 Å². The average Bonchev–Trinajstić information content (AvgIpc) is 2.89. The highest BCUT2D eigenvalue weighted by Gasteiger charge is 2.35. The molecule has 0 radical (unpaired) electrons. The van der Waals surface area contributed by atoms with E-state index in [0.29, 0.717) is 6.54 Å². The third kappa shape index (κ3) is 2.56. The monoisotopic (exact) mass is 295 g/mol. The number of hydrogen-bond acceptors (Lipinski definition) is 3. The lowest BCUT2D eigenvalue weighted by Crippen LogP contribution is -2.26. The maximum atomic E-state index is 11.5. The van der Waals surface area contributed by atoms with Crippen molar-refractivity contribution in [1.29, 1.82) is 0 Å². The van der Waals surface area contributed by atoms with Crippen LogP contribution in [0.4, 0.5) is 0 Å². The van der Waals surface area contributed by atoms with Crippen LogP contribution in [0.25, 0.3) is 0 Å². The van der Waals surface area contributed by atoms with Crippen LogP contribution in [0.15, 0.2) is 15.9 Å². The van der Waals surface area contributed by atoms with Crippen LogP contribution in [0.2, 0.25) is 0 Å². The van der Waals surface area contributed by atoms with Crippen molar-refractivity contribution in [1.82, 2.24) is 4.72 Å². The highest BCUT2D eigenvalue weighted by molar-refractivity contribution is 9.11. The van der Waals surface area contributed by atoms with Crippen LogP contribution < -0.4 is 4.72 Å². The fourth-order valence-corrected chi connectivity index (χ4v) is 3.98. The number of hydrogen-bond donors (Lipinski definition) is 1. The van der Waals surface area contributed by atoms with Crippen LogP contribution in [-0.2, 0) is 16.6 Å². The third-order valence-electron chi connectivity index (χ3n) is 2.04. The molecule has 1 N–H and O–H groups in total. The van der Waals surface area contributed by atoms with Gasteiger partial charge in [0.15, 0.2) is 0 Å². The summed E-state index contributed by atoms with van der Waals surface area (Å²) >= 11 is 4.89. The van der Waals surface area contributed by atoms with Crippen LogP contribution in [0.3, 0.4) is 0 Å². The Morgan fingerprint density at radius 3 is 2.71 bits per heavy atom. The van der Waals surface area contributed by atoms with E-state index in [0.717, 1.165) is 21.5 Å². The van der Waals surface area contributed by atoms with E-state index >= 15 is 0 Å². The molecule has 0 aromatic carbocycles. The predicted octanol–water partition coefficient (Wildman–Crippen LogP) is 2.09. The second-order valence-electron chi connectivity index (χ2n) is 3.27. The Bertz CT molecular complexity index is 422. The van der Waals surface area contributed by atoms with Gasteiger partial charge in [0.05, 0.1) is 9.04 Å². The largest absolute Gasteiger partial charge is 0.214 e. The van der Waals surface area contributed by atoms with E-state index in [9.17, 15) is 8.42 Å². The highest BCUT2D eigenvalue weighted by Crippen LogP contribution is 2.28. The minimum atomic E-state index is -3.03. The first-order chi connectivity index (χ1) is 6.58. The van der Waals surface area contributed by atoms with Gasteiger partial charge < -0.3 is 0 Å². The van der Waals surface area contributed by atoms with Crippen molar-refractivity contribution in [2.45, 2.75) is 24.6 Å². The molecule has 3 nitrogen and oxygen atoms in total. The number of sulfonamides is 1. The van der Waals surface area contributed by atoms with Crippen molar-refractivity contribution in [3.8, 4) is 0 Å². The van der Waals surface area contributed by atoms with Crippen molar-refractivity contribution >= 4 is 37.3 Å². The molecule has 0 aliphatic heterocycles. The molecule has 14 heavy (non-hydrogen) atoms. The molecule has 1 aliphatic carbocycles. The molecule has 1 heterocycles. The molecule has 0 unspecified atom stereocenters. The lowest BCUT2D eigenvalue weighted by molar-refractivity contribution is 0.580. The van der Waals surface area contributed by atoms with Crippen LogP contribution in [0, 0.1) is 0 Å². The van der Waals surface area contributed by atoms with E-state index in [1.54, 1.807) is 11.3 Å². The van der Waals surface area contributed by atoms with Crippen LogP contribution in [0.1, 0.15) is 17.7 Å². The molecule has 78 valence electrons. The minimum absolute atomic E-state index is 0.133. The summed E-state index contributed by atoms with van der Waals surface area (Å²) in [6.45, 7) is 0.412. The van der Waals surface area contributed by atoms with Gasteiger partial charge in [-0.05, 0) is 40.9 Å². The van der Waals surface area contributed by atoms with Gasteiger partial charge in [0.25, 0.3) is 0 Å². The molecule has 0 bridgehead atoms. The second-order valence-corrected chi connectivity index (χ2v) is 7.86. The zero-order valence-corrected chi connectivity index (χ0v) is 10.6. The standard InChI is InChI=1S/C8H10BrNO2S2/c9-8-4-1-6(13-8)5-10-14(11,12)7-2-3-7/h1,4,7,10H,2-3,5H2. The van der Waals surface area contributed by atoms with E-state index in [4.69, 9.17) is 0 Å². The summed E-state index contributed by atoms with van der Waals surface area (Å²) < 4.78 is 26.5. The van der Waals surface area contributed by atoms with E-state index in [2.05, 4.69) is 20.7 Å². The molecule has 1 saturated carbocycles. The topological polar surface area (TPSA) is 46.2 Å². The van der Waals surface area contributed by atoms with Gasteiger partial charge in [0.1, 0.15) is 0 Å². The van der Waals surface area contributed by atoms with Gasteiger partial charge in [0.2, 0.25) is 10.0 Å². The van der Waals surface area contributed by atoms with Crippen molar-refractivity contribution in [3.63, 3.8) is 0 Å². The van der Waals surface area contributed by atoms with Crippen LogP contribution in [-0.4, -0.2) is 13.7 Å². The van der Waals surface area contributed by atoms with Gasteiger partial charge in [-0.25, -0.2) is 13.1 Å². The molecule has 2 rings (SSSR count). The summed E-state index contributed by atoms with van der Waals surface area (Å²) in [5.74, 6) is 0. The van der Waals surface area contributed by atoms with Crippen LogP contribution >= 0.6 is 27.3 Å². The van der Waals surface area contributed by atoms with Gasteiger partial charge in [-0.15, -0.1) is 11.3 Å². The summed E-state index contributed by atoms with van der Waals surface area (Å²) in [6.07, 6.45) is 1.62. The summed E-state index contributed by atoms with van der Waals surface area (Å²) in [5.41, 5.74) is 0. The van der Waals surface area contributed by atoms with E-state index in [1.807, 2.05) is 12.1 Å². The van der Waals surface area contributed by atoms with Crippen LogP contribution in [0.5, 0.6) is 0 Å². The number of nitrogens with one attached hydrogen (secondary N) is 1. The molecule has 0 saturated heterocycles. The summed E-state index contributed by atoms with van der Waals surface area (Å²) in [6, 6.07) is 3.84. The second kappa shape index (κ2) is 3.92. The first-order valence-electron chi connectivity index (χ1n) is 4.30. The molecule has 1 aromatic rings. The van der Waals surface area contributed by atoms with Crippen molar-refractivity contribution < 1.29 is 8.42 Å². The lowest BCUT2D eigenvalue weighted by atomic mass is 10.5. The molecular weight excluding hydrogens is 286 g/mol. The Hall–Kier alpha value is 0.0900. The van der Waals surface area contributed by atoms with Crippen molar-refractivity contribution in [3.05, 3.63) is 20.8 Å². The van der Waals surface area contributed by atoms with Gasteiger partial charge in [0, 0.05) is 11.4 Å². The maximum Gasteiger partial charge on any atom is 0.214 e. The molecule has 6 heteroatoms. The first kappa shape index (κ1) is 10.6. The summed E-state index contributed by atoms with van der Waals surface area (Å²) in [7, 11) is -3.03. The Balaban J connectivity index is 1.94. The normalized spacial score (nSPS) is 17.2. The van der Waals surface area contributed by atoms with E-state index in [-0.39, 0.29) is 5.25 Å². The number of thiophene rings is 1. The lowest BCUT2D eigenvalue weighted by Gasteiger charge is -2.02. The summed E-state index contributed by atoms with van der Waals surface area (Å²) in [5, 5.41) is -0.133. The Morgan fingerprint density at radius 2 is 2.21 bits per heavy atom. The molecule has 1 fully saturated rings. The molecule has 0 atom stereocenters. The van der Waals surface area contributed by atoms with Gasteiger partial charge in [-0.3, -0.25) is 0 Å². The van der Waals surface area contributed by atoms with Gasteiger partial charge in [-0.1, -0.05) is 0 Å². The predicted molar refractivity (Wildman–Crippen MR) is 60.8 cm³/mol. The molecule has 1 aliphatic rings. The summed E-state index contributed by atoms with van der Waals surface area (Å²) in [4.78, 5) is 1.03. The zero-order valence-electron chi connectivity index (χ0n) is 7.36. The quantitative estimate of drug-likeness (QED) is 0.925. The van der Waals surface area contributed by atoms with E-state index in [1.165, 1.54) is 0 Å². The Morgan fingerprint density at radius 1 is 1.50 bits per heavy atom. The van der Waals surface area contributed by atoms with Crippen molar-refractivity contribution in [2.75, 3.05) is 0 Å². The minimum Gasteiger partial charge on any atom is -0.212 e. The molecule has 1 aromatic heterocycles. The number of rotatable bonds is 4. The molecular formula is C8H10BrNO2S2. The third-order valence-corrected chi connectivity index (χ3v) is 5.56. The maximum absolute atomic E-state index is 11.5. The van der Waals surface area contributed by atoms with E-state index < -0.39 is 10.0 Å². The average molecular weight is 296 g/mol. The van der Waals surface area contributed by atoms with Gasteiger partial charge in [-0.2, -0.15) is 0 Å². The fraction of sp³-hybridized carbons (Fsp3) is 0.500.